The highest BCUT2D eigenvalue weighted by atomic mass is 16.1. The second-order valence-corrected chi connectivity index (χ2v) is 7.02. The minimum Gasteiger partial charge on any atom is -0.351 e. The number of rotatable bonds is 5. The first-order chi connectivity index (χ1) is 9.38. The van der Waals surface area contributed by atoms with Crippen molar-refractivity contribution in [1.82, 2.24) is 5.32 Å². The molecule has 3 nitrogen and oxygen atoms in total. The summed E-state index contributed by atoms with van der Waals surface area (Å²) in [6.45, 7) is 7.86. The van der Waals surface area contributed by atoms with Crippen LogP contribution in [-0.4, -0.2) is 19.0 Å². The van der Waals surface area contributed by atoms with Gasteiger partial charge in [-0.2, -0.15) is 0 Å². The number of nitrogens with two attached hydrogens (primary N) is 1. The highest BCUT2D eigenvalue weighted by Gasteiger charge is 2.41. The van der Waals surface area contributed by atoms with E-state index in [1.165, 1.54) is 12.8 Å². The Morgan fingerprint density at radius 2 is 1.95 bits per heavy atom. The minimum atomic E-state index is -0.0253. The van der Waals surface area contributed by atoms with E-state index in [0.717, 1.165) is 24.1 Å². The molecule has 0 radical (unpaired) electrons. The van der Waals surface area contributed by atoms with Gasteiger partial charge in [0.1, 0.15) is 0 Å². The Balaban J connectivity index is 2.07. The topological polar surface area (TPSA) is 55.1 Å². The zero-order chi connectivity index (χ0) is 14.8. The van der Waals surface area contributed by atoms with Crippen LogP contribution in [0.4, 0.5) is 0 Å². The summed E-state index contributed by atoms with van der Waals surface area (Å²) in [6.07, 6.45) is 3.38. The lowest BCUT2D eigenvalue weighted by molar-refractivity contribution is 0.0942. The molecule has 1 fully saturated rings. The Labute approximate surface area is 121 Å². The van der Waals surface area contributed by atoms with Crippen LogP contribution in [0.5, 0.6) is 0 Å². The van der Waals surface area contributed by atoms with Crippen LogP contribution >= 0.6 is 0 Å². The van der Waals surface area contributed by atoms with Crippen molar-refractivity contribution < 1.29 is 4.79 Å². The van der Waals surface area contributed by atoms with Crippen LogP contribution in [-0.2, 0) is 5.41 Å². The quantitative estimate of drug-likeness (QED) is 0.867. The maximum Gasteiger partial charge on any atom is 0.251 e. The molecule has 0 aromatic heterocycles. The normalized spacial score (nSPS) is 16.8. The summed E-state index contributed by atoms with van der Waals surface area (Å²) in [5.74, 6) is 0.0406. The van der Waals surface area contributed by atoms with Crippen molar-refractivity contribution in [3.8, 4) is 0 Å². The van der Waals surface area contributed by atoms with E-state index >= 15 is 0 Å². The molecule has 0 atom stereocenters. The summed E-state index contributed by atoms with van der Waals surface area (Å²) in [7, 11) is 0. The van der Waals surface area contributed by atoms with Crippen LogP contribution in [0.15, 0.2) is 24.3 Å². The predicted octanol–water partition coefficient (Wildman–Crippen LogP) is 2.84. The van der Waals surface area contributed by atoms with E-state index in [0.29, 0.717) is 6.54 Å². The van der Waals surface area contributed by atoms with E-state index in [9.17, 15) is 4.79 Å². The van der Waals surface area contributed by atoms with Crippen molar-refractivity contribution in [2.45, 2.75) is 45.4 Å². The fourth-order valence-corrected chi connectivity index (χ4v) is 2.70. The van der Waals surface area contributed by atoms with Gasteiger partial charge < -0.3 is 11.1 Å². The van der Waals surface area contributed by atoms with Gasteiger partial charge in [-0.3, -0.25) is 4.79 Å². The Kier molecular flexibility index (Phi) is 4.19. The molecule has 110 valence electrons. The van der Waals surface area contributed by atoms with Gasteiger partial charge in [0.2, 0.25) is 0 Å². The summed E-state index contributed by atoms with van der Waals surface area (Å²) in [4.78, 5) is 12.4. The van der Waals surface area contributed by atoms with Crippen molar-refractivity contribution >= 4 is 5.91 Å². The van der Waals surface area contributed by atoms with E-state index in [-0.39, 0.29) is 16.7 Å². The summed E-state index contributed by atoms with van der Waals surface area (Å²) in [5, 5.41) is 3.10. The monoisotopic (exact) mass is 274 g/mol. The Bertz CT molecular complexity index is 484. The number of nitrogens with one attached hydrogen (secondary N) is 1. The molecule has 1 aliphatic carbocycles. The second-order valence-electron chi connectivity index (χ2n) is 7.02. The number of carbonyl (C=O) groups excluding carboxylic acids is 1. The molecular weight excluding hydrogens is 248 g/mol. The second kappa shape index (κ2) is 5.57. The van der Waals surface area contributed by atoms with Crippen LogP contribution in [0.1, 0.15) is 56.0 Å². The average Bonchev–Trinajstić information content (AvgIpc) is 3.16. The maximum atomic E-state index is 12.4. The van der Waals surface area contributed by atoms with E-state index in [1.807, 2.05) is 24.3 Å². The zero-order valence-electron chi connectivity index (χ0n) is 12.8. The van der Waals surface area contributed by atoms with Crippen LogP contribution in [0.25, 0.3) is 0 Å². The molecule has 2 rings (SSSR count). The number of amides is 1. The lowest BCUT2D eigenvalue weighted by Gasteiger charge is -2.23. The van der Waals surface area contributed by atoms with Gasteiger partial charge in [0.15, 0.2) is 0 Å². The first-order valence-electron chi connectivity index (χ1n) is 7.46. The molecule has 1 aromatic rings. The molecule has 1 aromatic carbocycles. The molecule has 0 heterocycles. The molecule has 0 bridgehead atoms. The number of hydrogen-bond donors (Lipinski definition) is 2. The lowest BCUT2D eigenvalue weighted by atomic mass is 9.83. The molecule has 0 spiro atoms. The van der Waals surface area contributed by atoms with Gasteiger partial charge in [-0.05, 0) is 48.3 Å². The van der Waals surface area contributed by atoms with E-state index in [1.54, 1.807) is 0 Å². The zero-order valence-corrected chi connectivity index (χ0v) is 12.8. The predicted molar refractivity (Wildman–Crippen MR) is 82.8 cm³/mol. The van der Waals surface area contributed by atoms with Crippen LogP contribution < -0.4 is 11.1 Å². The summed E-state index contributed by atoms with van der Waals surface area (Å²) < 4.78 is 0. The SMILES string of the molecule is CC(C)(C)c1ccccc1C(=O)NCC1(CCN)CC1. The number of hydrogen-bond acceptors (Lipinski definition) is 2. The average molecular weight is 274 g/mol. The highest BCUT2D eigenvalue weighted by molar-refractivity contribution is 5.96. The Morgan fingerprint density at radius 3 is 2.50 bits per heavy atom. The summed E-state index contributed by atoms with van der Waals surface area (Å²) in [6, 6.07) is 7.88. The van der Waals surface area contributed by atoms with Crippen LogP contribution in [0.3, 0.4) is 0 Å². The fourth-order valence-electron chi connectivity index (χ4n) is 2.70. The highest BCUT2D eigenvalue weighted by Crippen LogP contribution is 2.47. The van der Waals surface area contributed by atoms with Gasteiger partial charge in [0.25, 0.3) is 5.91 Å². The molecule has 1 saturated carbocycles. The smallest absolute Gasteiger partial charge is 0.251 e. The standard InChI is InChI=1S/C17H26N2O/c1-16(2,3)14-7-5-4-6-13(14)15(20)19-12-17(8-9-17)10-11-18/h4-7H,8-12,18H2,1-3H3,(H,19,20). The van der Waals surface area contributed by atoms with Gasteiger partial charge in [0.05, 0.1) is 0 Å². The summed E-state index contributed by atoms with van der Waals surface area (Å²) >= 11 is 0. The third-order valence-electron chi connectivity index (χ3n) is 4.24. The third-order valence-corrected chi connectivity index (χ3v) is 4.24. The van der Waals surface area contributed by atoms with Crippen molar-refractivity contribution in [3.05, 3.63) is 35.4 Å². The molecule has 1 aliphatic rings. The van der Waals surface area contributed by atoms with Crippen molar-refractivity contribution in [2.75, 3.05) is 13.1 Å². The molecule has 0 saturated heterocycles. The Hall–Kier alpha value is -1.35. The molecule has 3 heteroatoms. The van der Waals surface area contributed by atoms with Gasteiger partial charge in [-0.15, -0.1) is 0 Å². The van der Waals surface area contributed by atoms with Gasteiger partial charge in [-0.1, -0.05) is 39.0 Å². The van der Waals surface area contributed by atoms with Gasteiger partial charge in [-0.25, -0.2) is 0 Å². The number of carbonyl (C=O) groups is 1. The Morgan fingerprint density at radius 1 is 1.30 bits per heavy atom. The largest absolute Gasteiger partial charge is 0.351 e. The van der Waals surface area contributed by atoms with Crippen molar-refractivity contribution in [1.29, 1.82) is 0 Å². The van der Waals surface area contributed by atoms with Crippen LogP contribution in [0, 0.1) is 5.41 Å². The van der Waals surface area contributed by atoms with Crippen LogP contribution in [0.2, 0.25) is 0 Å². The van der Waals surface area contributed by atoms with Gasteiger partial charge in [0, 0.05) is 12.1 Å². The van der Waals surface area contributed by atoms with E-state index in [2.05, 4.69) is 26.1 Å². The molecule has 0 unspecified atom stereocenters. The van der Waals surface area contributed by atoms with E-state index < -0.39 is 0 Å². The molecule has 0 aliphatic heterocycles. The van der Waals surface area contributed by atoms with Gasteiger partial charge >= 0.3 is 0 Å². The van der Waals surface area contributed by atoms with Crippen molar-refractivity contribution in [2.24, 2.45) is 11.1 Å². The first-order valence-corrected chi connectivity index (χ1v) is 7.46. The third kappa shape index (κ3) is 3.40. The number of benzene rings is 1. The first kappa shape index (κ1) is 15.0. The molecule has 20 heavy (non-hydrogen) atoms. The molecular formula is C17H26N2O. The maximum absolute atomic E-state index is 12.4. The molecule has 3 N–H and O–H groups in total. The van der Waals surface area contributed by atoms with E-state index in [4.69, 9.17) is 5.73 Å². The fraction of sp³-hybridized carbons (Fsp3) is 0.588. The summed E-state index contributed by atoms with van der Waals surface area (Å²) in [5.41, 5.74) is 7.79. The lowest BCUT2D eigenvalue weighted by Crippen LogP contribution is -2.33. The molecule has 1 amide bonds. The van der Waals surface area contributed by atoms with Crippen molar-refractivity contribution in [3.63, 3.8) is 0 Å². The minimum absolute atomic E-state index is 0.0253.